The highest BCUT2D eigenvalue weighted by Gasteiger charge is 2.16. The quantitative estimate of drug-likeness (QED) is 0.598. The minimum absolute atomic E-state index is 0.208. The molecule has 0 spiro atoms. The first-order valence-corrected chi connectivity index (χ1v) is 7.77. The van der Waals surface area contributed by atoms with E-state index >= 15 is 0 Å². The monoisotopic (exact) mass is 334 g/mol. The Morgan fingerprint density at radius 1 is 1.04 bits per heavy atom. The molecule has 0 aliphatic carbocycles. The normalized spacial score (nSPS) is 10.3. The lowest BCUT2D eigenvalue weighted by Gasteiger charge is -2.09. The number of methoxy groups -OCH3 is 2. The number of carbonyl (C=O) groups is 2. The van der Waals surface area contributed by atoms with Gasteiger partial charge in [0.05, 0.1) is 19.8 Å². The predicted octanol–water partition coefficient (Wildman–Crippen LogP) is 3.42. The summed E-state index contributed by atoms with van der Waals surface area (Å²) in [7, 11) is 3.00. The molecule has 1 heterocycles. The summed E-state index contributed by atoms with van der Waals surface area (Å²) in [5.41, 5.74) is 0.904. The summed E-state index contributed by atoms with van der Waals surface area (Å²) in [6.45, 7) is 3.52. The van der Waals surface area contributed by atoms with E-state index in [1.165, 1.54) is 20.3 Å². The van der Waals surface area contributed by atoms with Gasteiger partial charge in [-0.3, -0.25) is 4.79 Å². The van der Waals surface area contributed by atoms with E-state index in [2.05, 4.69) is 0 Å². The molecule has 0 atom stereocenters. The highest BCUT2D eigenvalue weighted by Crippen LogP contribution is 2.28. The number of rotatable bonds is 6. The van der Waals surface area contributed by atoms with Crippen LogP contribution in [0.15, 0.2) is 24.3 Å². The highest BCUT2D eigenvalue weighted by atomic mass is 32.1. The van der Waals surface area contributed by atoms with Crippen LogP contribution in [-0.2, 0) is 4.74 Å². The number of thiophene rings is 1. The van der Waals surface area contributed by atoms with E-state index < -0.39 is 5.97 Å². The average molecular weight is 334 g/mol. The molecule has 0 saturated carbocycles. The van der Waals surface area contributed by atoms with Gasteiger partial charge in [0, 0.05) is 15.3 Å². The molecule has 2 rings (SSSR count). The molecule has 0 N–H and O–H groups in total. The molecule has 0 bridgehead atoms. The SMILES string of the molecule is COc1ccc(C(=O)OCC(=O)c2cc(C)sc2C)cc1OC. The summed E-state index contributed by atoms with van der Waals surface area (Å²) in [5.74, 6) is 0.159. The van der Waals surface area contributed by atoms with Gasteiger partial charge in [0.1, 0.15) is 0 Å². The second-order valence-electron chi connectivity index (χ2n) is 4.90. The van der Waals surface area contributed by atoms with Crippen molar-refractivity contribution < 1.29 is 23.8 Å². The van der Waals surface area contributed by atoms with E-state index in [1.54, 1.807) is 23.5 Å². The smallest absolute Gasteiger partial charge is 0.338 e. The van der Waals surface area contributed by atoms with E-state index in [0.29, 0.717) is 22.6 Å². The molecule has 0 saturated heterocycles. The summed E-state index contributed by atoms with van der Waals surface area (Å²) >= 11 is 1.55. The fraction of sp³-hybridized carbons (Fsp3) is 0.294. The van der Waals surface area contributed by atoms with Crippen LogP contribution in [0.25, 0.3) is 0 Å². The van der Waals surface area contributed by atoms with Crippen LogP contribution < -0.4 is 9.47 Å². The highest BCUT2D eigenvalue weighted by molar-refractivity contribution is 7.12. The van der Waals surface area contributed by atoms with Crippen molar-refractivity contribution in [2.45, 2.75) is 13.8 Å². The van der Waals surface area contributed by atoms with Crippen LogP contribution in [0, 0.1) is 13.8 Å². The minimum Gasteiger partial charge on any atom is -0.493 e. The molecule has 5 nitrogen and oxygen atoms in total. The molecule has 0 unspecified atom stereocenters. The maximum absolute atomic E-state index is 12.1. The molecule has 0 fully saturated rings. The topological polar surface area (TPSA) is 61.8 Å². The van der Waals surface area contributed by atoms with Crippen molar-refractivity contribution in [1.82, 2.24) is 0 Å². The van der Waals surface area contributed by atoms with Crippen molar-refractivity contribution in [3.05, 3.63) is 45.1 Å². The van der Waals surface area contributed by atoms with Gasteiger partial charge in [0.2, 0.25) is 5.78 Å². The number of hydrogen-bond acceptors (Lipinski definition) is 6. The first kappa shape index (κ1) is 17.0. The Hall–Kier alpha value is -2.34. The Balaban J connectivity index is 2.05. The van der Waals surface area contributed by atoms with Gasteiger partial charge in [-0.2, -0.15) is 0 Å². The maximum atomic E-state index is 12.1. The molecule has 0 amide bonds. The minimum atomic E-state index is -0.580. The second kappa shape index (κ2) is 7.28. The molecular formula is C17H18O5S. The van der Waals surface area contributed by atoms with Gasteiger partial charge in [-0.05, 0) is 38.1 Å². The predicted molar refractivity (Wildman–Crippen MR) is 88.0 cm³/mol. The number of hydrogen-bond donors (Lipinski definition) is 0. The lowest BCUT2D eigenvalue weighted by molar-refractivity contribution is 0.0474. The number of aryl methyl sites for hydroxylation is 2. The summed E-state index contributed by atoms with van der Waals surface area (Å²) in [6.07, 6.45) is 0. The summed E-state index contributed by atoms with van der Waals surface area (Å²) < 4.78 is 15.4. The fourth-order valence-electron chi connectivity index (χ4n) is 2.16. The van der Waals surface area contributed by atoms with Crippen molar-refractivity contribution >= 4 is 23.1 Å². The average Bonchev–Trinajstić information content (AvgIpc) is 2.90. The van der Waals surface area contributed by atoms with Gasteiger partial charge in [-0.25, -0.2) is 4.79 Å². The number of Topliss-reactive ketones (excluding diaryl/α,β-unsaturated/α-hetero) is 1. The van der Waals surface area contributed by atoms with Gasteiger partial charge in [-0.1, -0.05) is 0 Å². The Morgan fingerprint density at radius 3 is 2.30 bits per heavy atom. The maximum Gasteiger partial charge on any atom is 0.338 e. The van der Waals surface area contributed by atoms with Crippen molar-refractivity contribution in [3.63, 3.8) is 0 Å². The van der Waals surface area contributed by atoms with Crippen molar-refractivity contribution in [3.8, 4) is 11.5 Å². The van der Waals surface area contributed by atoms with Gasteiger partial charge in [0.15, 0.2) is 18.1 Å². The van der Waals surface area contributed by atoms with E-state index in [-0.39, 0.29) is 12.4 Å². The van der Waals surface area contributed by atoms with Crippen LogP contribution in [-0.4, -0.2) is 32.6 Å². The number of ketones is 1. The molecule has 2 aromatic rings. The van der Waals surface area contributed by atoms with Gasteiger partial charge in [0.25, 0.3) is 0 Å². The fourth-order valence-corrected chi connectivity index (χ4v) is 3.11. The lowest BCUT2D eigenvalue weighted by Crippen LogP contribution is -2.14. The van der Waals surface area contributed by atoms with Crippen molar-refractivity contribution in [2.24, 2.45) is 0 Å². The van der Waals surface area contributed by atoms with Crippen LogP contribution in [0.5, 0.6) is 11.5 Å². The standard InChI is InChI=1S/C17H18O5S/c1-10-7-13(11(2)23-10)14(18)9-22-17(19)12-5-6-15(20-3)16(8-12)21-4/h5-8H,9H2,1-4H3. The molecule has 1 aromatic heterocycles. The van der Waals surface area contributed by atoms with E-state index in [0.717, 1.165) is 9.75 Å². The number of benzene rings is 1. The third-order valence-electron chi connectivity index (χ3n) is 3.29. The molecular weight excluding hydrogens is 316 g/mol. The molecule has 0 radical (unpaired) electrons. The molecule has 122 valence electrons. The summed E-state index contributed by atoms with van der Waals surface area (Å²) in [6, 6.07) is 6.51. The van der Waals surface area contributed by atoms with Crippen LogP contribution in [0.4, 0.5) is 0 Å². The first-order chi connectivity index (χ1) is 11.0. The van der Waals surface area contributed by atoms with E-state index in [1.807, 2.05) is 19.9 Å². The van der Waals surface area contributed by atoms with Crippen LogP contribution >= 0.6 is 11.3 Å². The zero-order valence-corrected chi connectivity index (χ0v) is 14.3. The third-order valence-corrected chi connectivity index (χ3v) is 4.26. The summed E-state index contributed by atoms with van der Waals surface area (Å²) in [5, 5.41) is 0. The molecule has 6 heteroatoms. The van der Waals surface area contributed by atoms with Gasteiger partial charge >= 0.3 is 5.97 Å². The Kier molecular flexibility index (Phi) is 5.39. The van der Waals surface area contributed by atoms with Gasteiger partial charge in [-0.15, -0.1) is 11.3 Å². The Bertz CT molecular complexity index is 733. The molecule has 0 aliphatic heterocycles. The number of ether oxygens (including phenoxy) is 3. The Labute approximate surface area is 138 Å². The lowest BCUT2D eigenvalue weighted by atomic mass is 10.1. The van der Waals surface area contributed by atoms with Crippen LogP contribution in [0.3, 0.4) is 0 Å². The largest absolute Gasteiger partial charge is 0.493 e. The molecule has 23 heavy (non-hydrogen) atoms. The molecule has 0 aliphatic rings. The van der Waals surface area contributed by atoms with Gasteiger partial charge < -0.3 is 14.2 Å². The van der Waals surface area contributed by atoms with E-state index in [4.69, 9.17) is 14.2 Å². The van der Waals surface area contributed by atoms with Crippen LogP contribution in [0.1, 0.15) is 30.5 Å². The van der Waals surface area contributed by atoms with Crippen molar-refractivity contribution in [1.29, 1.82) is 0 Å². The molecule has 1 aromatic carbocycles. The second-order valence-corrected chi connectivity index (χ2v) is 6.36. The zero-order chi connectivity index (χ0) is 17.0. The summed E-state index contributed by atoms with van der Waals surface area (Å²) in [4.78, 5) is 26.2. The van der Waals surface area contributed by atoms with E-state index in [9.17, 15) is 9.59 Å². The Morgan fingerprint density at radius 2 is 1.74 bits per heavy atom. The van der Waals surface area contributed by atoms with Crippen molar-refractivity contribution in [2.75, 3.05) is 20.8 Å². The zero-order valence-electron chi connectivity index (χ0n) is 13.5. The number of carbonyl (C=O) groups excluding carboxylic acids is 2. The first-order valence-electron chi connectivity index (χ1n) is 6.95. The van der Waals surface area contributed by atoms with Crippen LogP contribution in [0.2, 0.25) is 0 Å². The third kappa shape index (κ3) is 3.90. The number of esters is 1.